The van der Waals surface area contributed by atoms with Crippen LogP contribution in [-0.2, 0) is 0 Å². The molecular formula is C25H23Cl2N3OS. The van der Waals surface area contributed by atoms with E-state index in [-0.39, 0.29) is 12.1 Å². The Bertz CT molecular complexity index is 1150. The summed E-state index contributed by atoms with van der Waals surface area (Å²) in [5, 5.41) is 9.19. The summed E-state index contributed by atoms with van der Waals surface area (Å²) in [5.41, 5.74) is 4.42. The van der Waals surface area contributed by atoms with Crippen molar-refractivity contribution in [2.75, 3.05) is 24.3 Å². The van der Waals surface area contributed by atoms with Crippen molar-refractivity contribution in [3.05, 3.63) is 87.9 Å². The Morgan fingerprint density at radius 1 is 1.09 bits per heavy atom. The van der Waals surface area contributed by atoms with Gasteiger partial charge in [0.25, 0.3) is 0 Å². The normalized spacial score (nSPS) is 21.3. The van der Waals surface area contributed by atoms with Crippen LogP contribution in [0.15, 0.2) is 66.7 Å². The lowest BCUT2D eigenvalue weighted by Gasteiger charge is -2.44. The molecule has 0 bridgehead atoms. The number of halogens is 2. The van der Waals surface area contributed by atoms with E-state index in [1.54, 1.807) is 7.11 Å². The van der Waals surface area contributed by atoms with Crippen LogP contribution in [0.25, 0.3) is 0 Å². The van der Waals surface area contributed by atoms with Gasteiger partial charge in [-0.05, 0) is 72.2 Å². The smallest absolute Gasteiger partial charge is 0.174 e. The molecule has 2 aliphatic heterocycles. The fraction of sp³-hybridized carbons (Fsp3) is 0.240. The van der Waals surface area contributed by atoms with Crippen molar-refractivity contribution in [2.45, 2.75) is 24.4 Å². The van der Waals surface area contributed by atoms with E-state index in [2.05, 4.69) is 39.8 Å². The SMILES string of the molecule is COc1ccc(C2C3Nc4ccc(Cl)cc4C3CCN2C(=S)Nc2ccccc2Cl)cc1. The Balaban J connectivity index is 1.50. The highest BCUT2D eigenvalue weighted by molar-refractivity contribution is 7.80. The number of likely N-dealkylation sites (tertiary alicyclic amines) is 1. The van der Waals surface area contributed by atoms with Crippen molar-refractivity contribution in [2.24, 2.45) is 0 Å². The molecule has 0 aromatic heterocycles. The number of hydrogen-bond donors (Lipinski definition) is 2. The van der Waals surface area contributed by atoms with E-state index in [9.17, 15) is 0 Å². The van der Waals surface area contributed by atoms with Crippen LogP contribution in [0, 0.1) is 0 Å². The Morgan fingerprint density at radius 3 is 2.62 bits per heavy atom. The van der Waals surface area contributed by atoms with Crippen molar-refractivity contribution in [3.63, 3.8) is 0 Å². The van der Waals surface area contributed by atoms with Gasteiger partial charge in [-0.25, -0.2) is 0 Å². The maximum Gasteiger partial charge on any atom is 0.174 e. The first-order valence-electron chi connectivity index (χ1n) is 10.6. The first-order valence-corrected chi connectivity index (χ1v) is 11.7. The zero-order chi connectivity index (χ0) is 22.2. The number of ether oxygens (including phenoxy) is 1. The minimum Gasteiger partial charge on any atom is -0.497 e. The van der Waals surface area contributed by atoms with Crippen LogP contribution in [0.3, 0.4) is 0 Å². The van der Waals surface area contributed by atoms with Crippen LogP contribution in [-0.4, -0.2) is 29.7 Å². The molecule has 0 radical (unpaired) electrons. The van der Waals surface area contributed by atoms with Crippen molar-refractivity contribution >= 4 is 51.9 Å². The molecule has 2 aliphatic rings. The van der Waals surface area contributed by atoms with Gasteiger partial charge in [0.15, 0.2) is 5.11 Å². The highest BCUT2D eigenvalue weighted by Crippen LogP contribution is 2.48. The number of methoxy groups -OCH3 is 1. The average Bonchev–Trinajstić information content (AvgIpc) is 3.18. The lowest BCUT2D eigenvalue weighted by molar-refractivity contribution is 0.212. The molecule has 0 amide bonds. The number of fused-ring (bicyclic) bond motifs is 3. The summed E-state index contributed by atoms with van der Waals surface area (Å²) in [5.74, 6) is 1.19. The zero-order valence-electron chi connectivity index (χ0n) is 17.5. The lowest BCUT2D eigenvalue weighted by atomic mass is 9.81. The number of anilines is 2. The van der Waals surface area contributed by atoms with Gasteiger partial charge in [-0.3, -0.25) is 0 Å². The molecule has 2 N–H and O–H groups in total. The van der Waals surface area contributed by atoms with Crippen LogP contribution < -0.4 is 15.4 Å². The highest BCUT2D eigenvalue weighted by Gasteiger charge is 2.45. The molecule has 3 atom stereocenters. The maximum absolute atomic E-state index is 6.38. The lowest BCUT2D eigenvalue weighted by Crippen LogP contribution is -2.50. The molecule has 32 heavy (non-hydrogen) atoms. The molecule has 5 rings (SSSR count). The Hall–Kier alpha value is -2.47. The fourth-order valence-corrected chi connectivity index (χ4v) is 5.53. The molecule has 3 unspecified atom stereocenters. The monoisotopic (exact) mass is 483 g/mol. The number of nitrogens with zero attached hydrogens (tertiary/aromatic N) is 1. The molecule has 7 heteroatoms. The van der Waals surface area contributed by atoms with Crippen molar-refractivity contribution in [3.8, 4) is 5.75 Å². The molecule has 1 fully saturated rings. The summed E-state index contributed by atoms with van der Waals surface area (Å²) in [6.07, 6.45) is 0.974. The van der Waals surface area contributed by atoms with E-state index in [0.29, 0.717) is 16.1 Å². The Kier molecular flexibility index (Phi) is 5.89. The standard InChI is InChI=1S/C25H23Cl2N3OS/c1-31-17-9-6-15(7-10-17)24-23-18(19-14-16(26)8-11-21(19)28-23)12-13-30(24)25(32)29-22-5-3-2-4-20(22)27/h2-11,14,18,23-24,28H,12-13H2,1H3,(H,29,32). The topological polar surface area (TPSA) is 36.5 Å². The largest absolute Gasteiger partial charge is 0.497 e. The Labute approximate surface area is 203 Å². The maximum atomic E-state index is 6.38. The van der Waals surface area contributed by atoms with Crippen LogP contribution in [0.2, 0.25) is 10.0 Å². The van der Waals surface area contributed by atoms with Crippen molar-refractivity contribution in [1.29, 1.82) is 0 Å². The predicted octanol–water partition coefficient (Wildman–Crippen LogP) is 6.72. The van der Waals surface area contributed by atoms with Crippen molar-refractivity contribution in [1.82, 2.24) is 4.90 Å². The third-order valence-electron chi connectivity index (χ3n) is 6.36. The van der Waals surface area contributed by atoms with E-state index in [4.69, 9.17) is 40.2 Å². The average molecular weight is 484 g/mol. The van der Waals surface area contributed by atoms with E-state index in [1.807, 2.05) is 42.5 Å². The first-order chi connectivity index (χ1) is 15.5. The van der Waals surface area contributed by atoms with Gasteiger partial charge >= 0.3 is 0 Å². The van der Waals surface area contributed by atoms with Gasteiger partial charge in [-0.2, -0.15) is 0 Å². The summed E-state index contributed by atoms with van der Waals surface area (Å²) in [6.45, 7) is 0.821. The minimum atomic E-state index is 0.0355. The van der Waals surface area contributed by atoms with Gasteiger partial charge in [-0.15, -0.1) is 0 Å². The third kappa shape index (κ3) is 3.90. The second-order valence-electron chi connectivity index (χ2n) is 8.12. The van der Waals surface area contributed by atoms with E-state index < -0.39 is 0 Å². The molecule has 2 heterocycles. The highest BCUT2D eigenvalue weighted by atomic mass is 35.5. The predicted molar refractivity (Wildman–Crippen MR) is 136 cm³/mol. The molecular weight excluding hydrogens is 461 g/mol. The number of nitrogens with one attached hydrogen (secondary N) is 2. The molecule has 4 nitrogen and oxygen atoms in total. The van der Waals surface area contributed by atoms with Crippen molar-refractivity contribution < 1.29 is 4.74 Å². The number of hydrogen-bond acceptors (Lipinski definition) is 3. The van der Waals surface area contributed by atoms with Crippen LogP contribution >= 0.6 is 35.4 Å². The molecule has 3 aromatic carbocycles. The van der Waals surface area contributed by atoms with E-state index in [0.717, 1.165) is 35.1 Å². The summed E-state index contributed by atoms with van der Waals surface area (Å²) < 4.78 is 5.38. The zero-order valence-corrected chi connectivity index (χ0v) is 19.8. The molecule has 0 saturated carbocycles. The molecule has 0 spiro atoms. The van der Waals surface area contributed by atoms with Crippen LogP contribution in [0.1, 0.15) is 29.5 Å². The van der Waals surface area contributed by atoms with Gasteiger partial charge in [0.2, 0.25) is 0 Å². The number of para-hydroxylation sites is 1. The fourth-order valence-electron chi connectivity index (χ4n) is 4.86. The third-order valence-corrected chi connectivity index (χ3v) is 7.26. The summed E-state index contributed by atoms with van der Waals surface area (Å²) >= 11 is 18.6. The van der Waals surface area contributed by atoms with Gasteiger partial charge in [0, 0.05) is 23.2 Å². The second kappa shape index (κ2) is 8.81. The number of piperidine rings is 1. The minimum absolute atomic E-state index is 0.0355. The molecule has 1 saturated heterocycles. The quantitative estimate of drug-likeness (QED) is 0.404. The summed E-state index contributed by atoms with van der Waals surface area (Å²) in [7, 11) is 1.68. The first kappa shape index (κ1) is 21.4. The van der Waals surface area contributed by atoms with Gasteiger partial charge in [-0.1, -0.05) is 47.5 Å². The number of thiocarbonyl (C=S) groups is 1. The molecule has 0 aliphatic carbocycles. The number of benzene rings is 3. The van der Waals surface area contributed by atoms with Gasteiger partial charge < -0.3 is 20.3 Å². The number of rotatable bonds is 3. The van der Waals surface area contributed by atoms with Gasteiger partial charge in [0.05, 0.1) is 29.9 Å². The Morgan fingerprint density at radius 2 is 1.88 bits per heavy atom. The van der Waals surface area contributed by atoms with Crippen LogP contribution in [0.4, 0.5) is 11.4 Å². The van der Waals surface area contributed by atoms with E-state index in [1.165, 1.54) is 11.1 Å². The van der Waals surface area contributed by atoms with Gasteiger partial charge in [0.1, 0.15) is 5.75 Å². The summed E-state index contributed by atoms with van der Waals surface area (Å²) in [6, 6.07) is 22.2. The summed E-state index contributed by atoms with van der Waals surface area (Å²) in [4.78, 5) is 2.27. The molecule has 164 valence electrons. The van der Waals surface area contributed by atoms with Crippen LogP contribution in [0.5, 0.6) is 5.75 Å². The molecule has 3 aromatic rings. The second-order valence-corrected chi connectivity index (χ2v) is 9.35. The van der Waals surface area contributed by atoms with E-state index >= 15 is 0 Å².